The third kappa shape index (κ3) is 4.36. The summed E-state index contributed by atoms with van der Waals surface area (Å²) in [6, 6.07) is 21.3. The maximum absolute atomic E-state index is 13.0. The predicted octanol–water partition coefficient (Wildman–Crippen LogP) is 5.73. The molecule has 0 bridgehead atoms. The smallest absolute Gasteiger partial charge is 0.338 e. The highest BCUT2D eigenvalue weighted by Gasteiger charge is 2.21. The third-order valence-electron chi connectivity index (χ3n) is 5.13. The van der Waals surface area contributed by atoms with Gasteiger partial charge in [-0.2, -0.15) is 5.10 Å². The number of nitrogens with one attached hydrogen (secondary N) is 1. The standard InChI is InChI=1S/C25H22ClN3O3/c1-3-32-25(31)18-9-12-20(13-10-18)27-24(30)16(2)29-22-14-11-19(26)15-21(22)23(28-29)17-7-5-4-6-8-17/h4-16H,3H2,1-2H3,(H,27,30). The number of hydrogen-bond donors (Lipinski definition) is 1. The number of halogens is 1. The van der Waals surface area contributed by atoms with Gasteiger partial charge in [0, 0.05) is 21.7 Å². The van der Waals surface area contributed by atoms with Gasteiger partial charge in [0.2, 0.25) is 5.91 Å². The fourth-order valence-corrected chi connectivity index (χ4v) is 3.65. The quantitative estimate of drug-likeness (QED) is 0.383. The Morgan fingerprint density at radius 1 is 1.06 bits per heavy atom. The molecule has 0 radical (unpaired) electrons. The Balaban J connectivity index is 1.61. The molecule has 6 nitrogen and oxygen atoms in total. The Hall–Kier alpha value is -3.64. The van der Waals surface area contributed by atoms with Gasteiger partial charge >= 0.3 is 5.97 Å². The summed E-state index contributed by atoms with van der Waals surface area (Å²) in [7, 11) is 0. The minimum absolute atomic E-state index is 0.229. The number of hydrogen-bond acceptors (Lipinski definition) is 4. The first-order valence-electron chi connectivity index (χ1n) is 10.3. The van der Waals surface area contributed by atoms with Crippen LogP contribution in [-0.2, 0) is 9.53 Å². The Morgan fingerprint density at radius 2 is 1.78 bits per heavy atom. The van der Waals surface area contributed by atoms with E-state index in [2.05, 4.69) is 5.32 Å². The minimum atomic E-state index is -0.583. The molecule has 1 unspecified atom stereocenters. The number of nitrogens with zero attached hydrogens (tertiary/aromatic N) is 2. The van der Waals surface area contributed by atoms with E-state index < -0.39 is 12.0 Å². The lowest BCUT2D eigenvalue weighted by atomic mass is 10.1. The number of anilines is 1. The zero-order valence-corrected chi connectivity index (χ0v) is 18.5. The number of rotatable bonds is 6. The summed E-state index contributed by atoms with van der Waals surface area (Å²) in [5.41, 5.74) is 3.54. The first-order chi connectivity index (χ1) is 15.5. The average Bonchev–Trinajstić information content (AvgIpc) is 3.18. The monoisotopic (exact) mass is 447 g/mol. The van der Waals surface area contributed by atoms with E-state index in [9.17, 15) is 9.59 Å². The average molecular weight is 448 g/mol. The van der Waals surface area contributed by atoms with Crippen molar-refractivity contribution in [1.82, 2.24) is 9.78 Å². The zero-order valence-electron chi connectivity index (χ0n) is 17.7. The van der Waals surface area contributed by atoms with Crippen LogP contribution in [0.3, 0.4) is 0 Å². The fourth-order valence-electron chi connectivity index (χ4n) is 3.48. The van der Waals surface area contributed by atoms with Crippen molar-refractivity contribution in [3.05, 3.63) is 83.4 Å². The maximum atomic E-state index is 13.0. The highest BCUT2D eigenvalue weighted by molar-refractivity contribution is 6.31. The van der Waals surface area contributed by atoms with Gasteiger partial charge in [0.15, 0.2) is 0 Å². The number of benzene rings is 3. The Morgan fingerprint density at radius 3 is 2.47 bits per heavy atom. The lowest BCUT2D eigenvalue weighted by Crippen LogP contribution is -2.24. The molecule has 4 rings (SSSR count). The lowest BCUT2D eigenvalue weighted by molar-refractivity contribution is -0.118. The van der Waals surface area contributed by atoms with Crippen molar-refractivity contribution in [2.75, 3.05) is 11.9 Å². The molecule has 32 heavy (non-hydrogen) atoms. The Bertz CT molecular complexity index is 1270. The maximum Gasteiger partial charge on any atom is 0.338 e. The lowest BCUT2D eigenvalue weighted by Gasteiger charge is -2.14. The summed E-state index contributed by atoms with van der Waals surface area (Å²) in [5.74, 6) is -0.623. The van der Waals surface area contributed by atoms with Crippen molar-refractivity contribution in [3.8, 4) is 11.3 Å². The summed E-state index contributed by atoms with van der Waals surface area (Å²) in [4.78, 5) is 24.8. The largest absolute Gasteiger partial charge is 0.462 e. The topological polar surface area (TPSA) is 73.2 Å². The SMILES string of the molecule is CCOC(=O)c1ccc(NC(=O)C(C)n2nc(-c3ccccc3)c3cc(Cl)ccc32)cc1. The van der Waals surface area contributed by atoms with Crippen LogP contribution < -0.4 is 5.32 Å². The first-order valence-corrected chi connectivity index (χ1v) is 10.7. The third-order valence-corrected chi connectivity index (χ3v) is 5.36. The van der Waals surface area contributed by atoms with E-state index in [4.69, 9.17) is 21.4 Å². The second-order valence-electron chi connectivity index (χ2n) is 7.28. The van der Waals surface area contributed by atoms with Gasteiger partial charge in [-0.3, -0.25) is 9.48 Å². The van der Waals surface area contributed by atoms with E-state index in [-0.39, 0.29) is 5.91 Å². The zero-order chi connectivity index (χ0) is 22.7. The van der Waals surface area contributed by atoms with Crippen LogP contribution in [-0.4, -0.2) is 28.3 Å². The van der Waals surface area contributed by atoms with Gasteiger partial charge < -0.3 is 10.1 Å². The van der Waals surface area contributed by atoms with Crippen LogP contribution in [0.5, 0.6) is 0 Å². The predicted molar refractivity (Wildman–Crippen MR) is 126 cm³/mol. The first kappa shape index (κ1) is 21.6. The number of aromatic nitrogens is 2. The fraction of sp³-hybridized carbons (Fsp3) is 0.160. The number of amides is 1. The molecule has 1 atom stereocenters. The van der Waals surface area contributed by atoms with Gasteiger partial charge in [-0.1, -0.05) is 41.9 Å². The van der Waals surface area contributed by atoms with Gasteiger partial charge in [-0.15, -0.1) is 0 Å². The molecule has 3 aromatic carbocycles. The van der Waals surface area contributed by atoms with Crippen LogP contribution in [0.4, 0.5) is 5.69 Å². The number of ether oxygens (including phenoxy) is 1. The van der Waals surface area contributed by atoms with Crippen molar-refractivity contribution in [1.29, 1.82) is 0 Å². The molecule has 162 valence electrons. The second-order valence-corrected chi connectivity index (χ2v) is 7.72. The molecule has 0 spiro atoms. The molecule has 4 aromatic rings. The molecule has 1 amide bonds. The summed E-state index contributed by atoms with van der Waals surface area (Å²) in [6.45, 7) is 3.85. The molecule has 7 heteroatoms. The molecule has 0 fully saturated rings. The summed E-state index contributed by atoms with van der Waals surface area (Å²) < 4.78 is 6.69. The van der Waals surface area contributed by atoms with Gasteiger partial charge in [-0.05, 0) is 56.3 Å². The number of carbonyl (C=O) groups is 2. The molecule has 1 N–H and O–H groups in total. The molecule has 1 heterocycles. The number of carbonyl (C=O) groups excluding carboxylic acids is 2. The molecular formula is C25H22ClN3O3. The molecule has 0 saturated carbocycles. The van der Waals surface area contributed by atoms with Crippen LogP contribution in [0.25, 0.3) is 22.2 Å². The summed E-state index contributed by atoms with van der Waals surface area (Å²) in [6.07, 6.45) is 0. The molecule has 0 saturated heterocycles. The molecule has 0 aliphatic carbocycles. The van der Waals surface area contributed by atoms with Crippen LogP contribution >= 0.6 is 11.6 Å². The van der Waals surface area contributed by atoms with E-state index in [0.29, 0.717) is 22.9 Å². The van der Waals surface area contributed by atoms with E-state index in [1.54, 1.807) is 48.9 Å². The van der Waals surface area contributed by atoms with Crippen molar-refractivity contribution in [3.63, 3.8) is 0 Å². The van der Waals surface area contributed by atoms with E-state index >= 15 is 0 Å². The minimum Gasteiger partial charge on any atom is -0.462 e. The highest BCUT2D eigenvalue weighted by Crippen LogP contribution is 2.32. The summed E-state index contributed by atoms with van der Waals surface area (Å²) in [5, 5.41) is 9.12. The van der Waals surface area contributed by atoms with Crippen molar-refractivity contribution in [2.24, 2.45) is 0 Å². The van der Waals surface area contributed by atoms with Crippen LogP contribution in [0.1, 0.15) is 30.2 Å². The van der Waals surface area contributed by atoms with Crippen molar-refractivity contribution >= 4 is 40.1 Å². The summed E-state index contributed by atoms with van der Waals surface area (Å²) >= 11 is 6.24. The van der Waals surface area contributed by atoms with E-state index in [1.807, 2.05) is 42.5 Å². The highest BCUT2D eigenvalue weighted by atomic mass is 35.5. The van der Waals surface area contributed by atoms with Crippen molar-refractivity contribution in [2.45, 2.75) is 19.9 Å². The molecule has 1 aromatic heterocycles. The second kappa shape index (κ2) is 9.24. The van der Waals surface area contributed by atoms with Crippen LogP contribution in [0, 0.1) is 0 Å². The normalized spacial score (nSPS) is 11.8. The van der Waals surface area contributed by atoms with E-state index in [0.717, 1.165) is 22.2 Å². The number of esters is 1. The molecular weight excluding hydrogens is 426 g/mol. The Labute approximate surface area is 190 Å². The van der Waals surface area contributed by atoms with Gasteiger partial charge in [0.05, 0.1) is 17.7 Å². The van der Waals surface area contributed by atoms with Crippen molar-refractivity contribution < 1.29 is 14.3 Å². The Kier molecular flexibility index (Phi) is 6.23. The van der Waals surface area contributed by atoms with Gasteiger partial charge in [0.25, 0.3) is 0 Å². The number of fused-ring (bicyclic) bond motifs is 1. The van der Waals surface area contributed by atoms with Gasteiger partial charge in [-0.25, -0.2) is 4.79 Å². The van der Waals surface area contributed by atoms with Crippen LogP contribution in [0.2, 0.25) is 5.02 Å². The van der Waals surface area contributed by atoms with Crippen LogP contribution in [0.15, 0.2) is 72.8 Å². The molecule has 0 aliphatic rings. The molecule has 0 aliphatic heterocycles. The van der Waals surface area contributed by atoms with E-state index in [1.165, 1.54) is 0 Å². The van der Waals surface area contributed by atoms with Gasteiger partial charge in [0.1, 0.15) is 11.7 Å².